The largest absolute Gasteiger partial charge is 0.388 e. The number of rotatable bonds is 3. The lowest BCUT2D eigenvalue weighted by molar-refractivity contribution is 0.203. The molecule has 0 amide bonds. The van der Waals surface area contributed by atoms with Crippen molar-refractivity contribution >= 4 is 16.5 Å². The van der Waals surface area contributed by atoms with Gasteiger partial charge in [0.2, 0.25) is 0 Å². The van der Waals surface area contributed by atoms with E-state index < -0.39 is 6.10 Å². The van der Waals surface area contributed by atoms with Gasteiger partial charge in [0.1, 0.15) is 0 Å². The van der Waals surface area contributed by atoms with Gasteiger partial charge < -0.3 is 10.0 Å². The molecule has 5 heteroatoms. The minimum absolute atomic E-state index is 0.394. The Morgan fingerprint density at radius 1 is 1.35 bits per heavy atom. The van der Waals surface area contributed by atoms with Crippen LogP contribution in [0.3, 0.4) is 0 Å². The van der Waals surface area contributed by atoms with Crippen LogP contribution < -0.4 is 4.90 Å². The number of aliphatic hydroxyl groups is 1. The van der Waals surface area contributed by atoms with Crippen LogP contribution in [0.4, 0.5) is 5.13 Å². The first-order chi connectivity index (χ1) is 8.24. The molecule has 3 rings (SSSR count). The van der Waals surface area contributed by atoms with Crippen LogP contribution in [0.15, 0.2) is 6.20 Å². The highest BCUT2D eigenvalue weighted by molar-refractivity contribution is 7.15. The third-order valence-electron chi connectivity index (χ3n) is 3.57. The van der Waals surface area contributed by atoms with E-state index in [-0.39, 0.29) is 0 Å². The van der Waals surface area contributed by atoms with Gasteiger partial charge >= 0.3 is 0 Å². The summed E-state index contributed by atoms with van der Waals surface area (Å²) in [7, 11) is 0. The second-order valence-corrected chi connectivity index (χ2v) is 6.02. The van der Waals surface area contributed by atoms with E-state index in [1.54, 1.807) is 24.5 Å². The summed E-state index contributed by atoms with van der Waals surface area (Å²) in [4.78, 5) is 10.3. The molecule has 4 nitrogen and oxygen atoms in total. The quantitative estimate of drug-likeness (QED) is 0.886. The minimum Gasteiger partial charge on any atom is -0.388 e. The van der Waals surface area contributed by atoms with Crippen LogP contribution >= 0.6 is 11.3 Å². The number of anilines is 1. The summed E-state index contributed by atoms with van der Waals surface area (Å²) in [5.41, 5.74) is 0. The number of nitrogens with zero attached hydrogens (tertiary/aromatic N) is 3. The fourth-order valence-electron chi connectivity index (χ4n) is 2.33. The molecule has 1 unspecified atom stereocenters. The maximum atomic E-state index is 9.50. The maximum absolute atomic E-state index is 9.50. The van der Waals surface area contributed by atoms with E-state index in [4.69, 9.17) is 0 Å². The lowest BCUT2D eigenvalue weighted by Crippen LogP contribution is -2.47. The van der Waals surface area contributed by atoms with Crippen molar-refractivity contribution in [2.75, 3.05) is 31.1 Å². The van der Waals surface area contributed by atoms with Crippen molar-refractivity contribution in [3.05, 3.63) is 11.1 Å². The molecule has 1 N–H and O–H groups in total. The van der Waals surface area contributed by atoms with Gasteiger partial charge in [-0.3, -0.25) is 4.90 Å². The Kier molecular flexibility index (Phi) is 3.06. The molecule has 17 heavy (non-hydrogen) atoms. The molecule has 1 aliphatic carbocycles. The van der Waals surface area contributed by atoms with Crippen molar-refractivity contribution < 1.29 is 5.11 Å². The SMILES string of the molecule is CC(O)c1cnc(N2CCN(C3CC3)CC2)s1. The minimum atomic E-state index is -0.394. The second-order valence-electron chi connectivity index (χ2n) is 4.98. The predicted octanol–water partition coefficient (Wildman–Crippen LogP) is 1.48. The van der Waals surface area contributed by atoms with Crippen molar-refractivity contribution in [2.45, 2.75) is 31.9 Å². The van der Waals surface area contributed by atoms with Gasteiger partial charge in [-0.25, -0.2) is 4.98 Å². The molecule has 0 spiro atoms. The van der Waals surface area contributed by atoms with E-state index in [1.807, 2.05) is 0 Å². The van der Waals surface area contributed by atoms with Crippen LogP contribution in [0.1, 0.15) is 30.7 Å². The lowest BCUT2D eigenvalue weighted by Gasteiger charge is -2.34. The molecular formula is C12H19N3OS. The molecule has 1 aliphatic heterocycles. The Morgan fingerprint density at radius 3 is 2.59 bits per heavy atom. The highest BCUT2D eigenvalue weighted by Crippen LogP contribution is 2.30. The first-order valence-electron chi connectivity index (χ1n) is 6.37. The Morgan fingerprint density at radius 2 is 2.06 bits per heavy atom. The summed E-state index contributed by atoms with van der Waals surface area (Å²) in [5.74, 6) is 0. The Hall–Kier alpha value is -0.650. The van der Waals surface area contributed by atoms with E-state index in [1.165, 1.54) is 12.8 Å². The molecule has 94 valence electrons. The van der Waals surface area contributed by atoms with Crippen LogP contribution in [0, 0.1) is 0 Å². The smallest absolute Gasteiger partial charge is 0.185 e. The molecule has 2 aliphatic rings. The van der Waals surface area contributed by atoms with E-state index in [0.717, 1.165) is 42.2 Å². The molecule has 1 aromatic rings. The predicted molar refractivity (Wildman–Crippen MR) is 69.6 cm³/mol. The van der Waals surface area contributed by atoms with Gasteiger partial charge in [0.15, 0.2) is 5.13 Å². The van der Waals surface area contributed by atoms with Crippen molar-refractivity contribution in [1.29, 1.82) is 0 Å². The molecule has 1 saturated carbocycles. The van der Waals surface area contributed by atoms with Crippen molar-refractivity contribution in [3.63, 3.8) is 0 Å². The van der Waals surface area contributed by atoms with Crippen LogP contribution in [0.25, 0.3) is 0 Å². The van der Waals surface area contributed by atoms with Crippen molar-refractivity contribution in [2.24, 2.45) is 0 Å². The number of piperazine rings is 1. The zero-order valence-electron chi connectivity index (χ0n) is 10.2. The highest BCUT2D eigenvalue weighted by atomic mass is 32.1. The molecule has 1 aromatic heterocycles. The normalized spacial score (nSPS) is 24.0. The Bertz CT molecular complexity index is 381. The van der Waals surface area contributed by atoms with Gasteiger partial charge in [-0.15, -0.1) is 0 Å². The van der Waals surface area contributed by atoms with E-state index in [2.05, 4.69) is 14.8 Å². The average Bonchev–Trinajstić information content (AvgIpc) is 3.06. The molecule has 2 heterocycles. The van der Waals surface area contributed by atoms with Crippen LogP contribution in [-0.4, -0.2) is 47.2 Å². The van der Waals surface area contributed by atoms with Crippen LogP contribution in [-0.2, 0) is 0 Å². The molecule has 0 radical (unpaired) electrons. The summed E-state index contributed by atoms with van der Waals surface area (Å²) in [6, 6.07) is 0.876. The number of thiazole rings is 1. The Labute approximate surface area is 106 Å². The van der Waals surface area contributed by atoms with Crippen molar-refractivity contribution in [1.82, 2.24) is 9.88 Å². The first kappa shape index (κ1) is 11.4. The number of aromatic nitrogens is 1. The number of aliphatic hydroxyl groups excluding tert-OH is 1. The maximum Gasteiger partial charge on any atom is 0.185 e. The van der Waals surface area contributed by atoms with E-state index in [9.17, 15) is 5.11 Å². The van der Waals surface area contributed by atoms with Crippen molar-refractivity contribution in [3.8, 4) is 0 Å². The van der Waals surface area contributed by atoms with E-state index in [0.29, 0.717) is 0 Å². The monoisotopic (exact) mass is 253 g/mol. The highest BCUT2D eigenvalue weighted by Gasteiger charge is 2.31. The average molecular weight is 253 g/mol. The van der Waals surface area contributed by atoms with Crippen LogP contribution in [0.5, 0.6) is 0 Å². The summed E-state index contributed by atoms with van der Waals surface area (Å²) in [6.45, 7) is 6.26. The fraction of sp³-hybridized carbons (Fsp3) is 0.750. The second kappa shape index (κ2) is 4.55. The summed E-state index contributed by atoms with van der Waals surface area (Å²) < 4.78 is 0. The third kappa shape index (κ3) is 2.46. The standard InChI is InChI=1S/C12H19N3OS/c1-9(16)11-8-13-12(17-11)15-6-4-14(5-7-15)10-2-3-10/h8-10,16H,2-7H2,1H3. The summed E-state index contributed by atoms with van der Waals surface area (Å²) >= 11 is 1.62. The van der Waals surface area contributed by atoms with Crippen LogP contribution in [0.2, 0.25) is 0 Å². The third-order valence-corrected chi connectivity index (χ3v) is 4.80. The van der Waals surface area contributed by atoms with E-state index >= 15 is 0 Å². The topological polar surface area (TPSA) is 39.6 Å². The molecule has 1 saturated heterocycles. The van der Waals surface area contributed by atoms with Gasteiger partial charge in [0.25, 0.3) is 0 Å². The molecule has 1 atom stereocenters. The van der Waals surface area contributed by atoms with Gasteiger partial charge in [-0.2, -0.15) is 0 Å². The fourth-order valence-corrected chi connectivity index (χ4v) is 3.24. The molecule has 0 aromatic carbocycles. The van der Waals surface area contributed by atoms with Gasteiger partial charge in [-0.05, 0) is 19.8 Å². The zero-order valence-corrected chi connectivity index (χ0v) is 11.0. The van der Waals surface area contributed by atoms with Gasteiger partial charge in [-0.1, -0.05) is 11.3 Å². The zero-order chi connectivity index (χ0) is 11.8. The lowest BCUT2D eigenvalue weighted by atomic mass is 10.3. The molecule has 2 fully saturated rings. The summed E-state index contributed by atoms with van der Waals surface area (Å²) in [5, 5.41) is 10.6. The van der Waals surface area contributed by atoms with Gasteiger partial charge in [0.05, 0.1) is 11.0 Å². The van der Waals surface area contributed by atoms with Gasteiger partial charge in [0, 0.05) is 38.4 Å². The number of hydrogen-bond donors (Lipinski definition) is 1. The molecule has 0 bridgehead atoms. The number of hydrogen-bond acceptors (Lipinski definition) is 5. The Balaban J connectivity index is 1.61. The first-order valence-corrected chi connectivity index (χ1v) is 7.18. The summed E-state index contributed by atoms with van der Waals surface area (Å²) in [6.07, 6.45) is 4.19. The molecular weight excluding hydrogens is 234 g/mol.